The number of methoxy groups -OCH3 is 1. The highest BCUT2D eigenvalue weighted by atomic mass is 79.9. The number of benzene rings is 2. The Balaban J connectivity index is 1.75. The van der Waals surface area contributed by atoms with Crippen molar-refractivity contribution < 1.29 is 13.7 Å². The normalized spacial score (nSPS) is 15.4. The van der Waals surface area contributed by atoms with Gasteiger partial charge in [0.2, 0.25) is 0 Å². The lowest BCUT2D eigenvalue weighted by Crippen LogP contribution is -2.17. The Morgan fingerprint density at radius 2 is 1.93 bits per heavy atom. The average Bonchev–Trinajstić information content (AvgIpc) is 3.19. The summed E-state index contributed by atoms with van der Waals surface area (Å²) in [6.45, 7) is 0. The first kappa shape index (κ1) is 17.9. The minimum absolute atomic E-state index is 0.252. The van der Waals surface area contributed by atoms with E-state index in [1.165, 1.54) is 0 Å². The Morgan fingerprint density at radius 3 is 2.63 bits per heavy atom. The highest BCUT2D eigenvalue weighted by molar-refractivity contribution is 9.10. The molecule has 4 rings (SSSR count). The van der Waals surface area contributed by atoms with Gasteiger partial charge in [-0.1, -0.05) is 12.1 Å². The van der Waals surface area contributed by atoms with Crippen molar-refractivity contribution in [1.29, 1.82) is 0 Å². The van der Waals surface area contributed by atoms with E-state index in [-0.39, 0.29) is 5.91 Å². The van der Waals surface area contributed by atoms with Crippen LogP contribution in [0.1, 0.15) is 21.6 Å². The lowest BCUT2D eigenvalue weighted by Gasteiger charge is -2.12. The van der Waals surface area contributed by atoms with Crippen LogP contribution < -0.4 is 10.1 Å². The van der Waals surface area contributed by atoms with Crippen molar-refractivity contribution in [1.82, 2.24) is 9.78 Å². The number of hydrogen-bond acceptors (Lipinski definition) is 4. The zero-order valence-corrected chi connectivity index (χ0v) is 16.8. The molecule has 1 aromatic heterocycles. The molecule has 1 aliphatic heterocycles. The van der Waals surface area contributed by atoms with Gasteiger partial charge in [-0.3, -0.25) is 9.00 Å². The van der Waals surface area contributed by atoms with Gasteiger partial charge in [0, 0.05) is 20.8 Å². The van der Waals surface area contributed by atoms with Gasteiger partial charge in [-0.15, -0.1) is 0 Å². The first-order chi connectivity index (χ1) is 13.1. The van der Waals surface area contributed by atoms with E-state index in [0.29, 0.717) is 27.4 Å². The van der Waals surface area contributed by atoms with E-state index in [1.54, 1.807) is 23.9 Å². The highest BCUT2D eigenvalue weighted by Gasteiger charge is 2.28. The van der Waals surface area contributed by atoms with E-state index >= 15 is 0 Å². The number of nitrogens with zero attached hydrogens (tertiary/aromatic N) is 2. The number of ether oxygens (including phenoxy) is 1. The summed E-state index contributed by atoms with van der Waals surface area (Å²) in [5, 5.41) is 7.55. The zero-order valence-electron chi connectivity index (χ0n) is 14.4. The second-order valence-corrected chi connectivity index (χ2v) is 8.36. The summed E-state index contributed by atoms with van der Waals surface area (Å²) < 4.78 is 19.6. The van der Waals surface area contributed by atoms with Crippen LogP contribution in [0.2, 0.25) is 0 Å². The molecule has 2 aromatic carbocycles. The van der Waals surface area contributed by atoms with E-state index in [9.17, 15) is 9.00 Å². The molecule has 27 heavy (non-hydrogen) atoms. The molecule has 3 aromatic rings. The zero-order chi connectivity index (χ0) is 19.0. The van der Waals surface area contributed by atoms with Crippen molar-refractivity contribution in [3.8, 4) is 11.4 Å². The molecule has 0 spiro atoms. The van der Waals surface area contributed by atoms with Crippen LogP contribution in [-0.4, -0.2) is 27.0 Å². The molecule has 138 valence electrons. The number of aromatic nitrogens is 2. The number of hydrogen-bond donors (Lipinski definition) is 1. The standard InChI is InChI=1S/C19H16BrN3O3S/c1-26-13-8-6-12(7-9-13)23-18(15-10-27(25)11-17(15)22-23)21-19(24)14-4-2-3-5-16(14)20/h2-9H,10-11H2,1H3,(H,21,24). The van der Waals surface area contributed by atoms with Crippen LogP contribution in [0.5, 0.6) is 5.75 Å². The van der Waals surface area contributed by atoms with E-state index in [0.717, 1.165) is 22.7 Å². The third kappa shape index (κ3) is 3.42. The molecule has 0 fully saturated rings. The van der Waals surface area contributed by atoms with Crippen LogP contribution in [0, 0.1) is 0 Å². The summed E-state index contributed by atoms with van der Waals surface area (Å²) in [7, 11) is 0.619. The van der Waals surface area contributed by atoms with Crippen LogP contribution in [0.15, 0.2) is 53.0 Å². The summed E-state index contributed by atoms with van der Waals surface area (Å²) in [5.74, 6) is 1.82. The monoisotopic (exact) mass is 445 g/mol. The number of carbonyl (C=O) groups is 1. The summed E-state index contributed by atoms with van der Waals surface area (Å²) >= 11 is 3.41. The number of rotatable bonds is 4. The Morgan fingerprint density at radius 1 is 1.19 bits per heavy atom. The largest absolute Gasteiger partial charge is 0.497 e. The summed E-state index contributed by atoms with van der Waals surface area (Å²) in [4.78, 5) is 12.8. The first-order valence-corrected chi connectivity index (χ1v) is 10.5. The van der Waals surface area contributed by atoms with Crippen molar-refractivity contribution in [2.75, 3.05) is 12.4 Å². The van der Waals surface area contributed by atoms with Crippen molar-refractivity contribution >= 4 is 38.5 Å². The van der Waals surface area contributed by atoms with Crippen LogP contribution in [-0.2, 0) is 22.3 Å². The van der Waals surface area contributed by atoms with Crippen LogP contribution in [0.25, 0.3) is 5.69 Å². The lowest BCUT2D eigenvalue weighted by molar-refractivity contribution is 0.102. The molecule has 1 N–H and O–H groups in total. The molecule has 0 aliphatic carbocycles. The van der Waals surface area contributed by atoms with E-state index in [2.05, 4.69) is 26.3 Å². The molecule has 0 saturated carbocycles. The van der Waals surface area contributed by atoms with Gasteiger partial charge in [0.15, 0.2) is 0 Å². The molecule has 0 radical (unpaired) electrons. The molecule has 8 heteroatoms. The molecular weight excluding hydrogens is 430 g/mol. The summed E-state index contributed by atoms with van der Waals surface area (Å²) in [5.41, 5.74) is 2.89. The topological polar surface area (TPSA) is 73.2 Å². The number of fused-ring (bicyclic) bond motifs is 1. The summed E-state index contributed by atoms with van der Waals surface area (Å²) in [6.07, 6.45) is 0. The fraction of sp³-hybridized carbons (Fsp3) is 0.158. The molecule has 1 aliphatic rings. The first-order valence-electron chi connectivity index (χ1n) is 8.23. The quantitative estimate of drug-likeness (QED) is 0.664. The number of carbonyl (C=O) groups excluding carboxylic acids is 1. The average molecular weight is 446 g/mol. The van der Waals surface area contributed by atoms with Gasteiger partial charge in [-0.25, -0.2) is 4.68 Å². The lowest BCUT2D eigenvalue weighted by atomic mass is 10.2. The van der Waals surface area contributed by atoms with E-state index in [1.807, 2.05) is 36.4 Å². The van der Waals surface area contributed by atoms with Crippen molar-refractivity contribution in [2.24, 2.45) is 0 Å². The van der Waals surface area contributed by atoms with Crippen LogP contribution in [0.4, 0.5) is 5.82 Å². The predicted octanol–water partition coefficient (Wildman–Crippen LogP) is 3.66. The Hall–Kier alpha value is -2.45. The minimum Gasteiger partial charge on any atom is -0.497 e. The predicted molar refractivity (Wildman–Crippen MR) is 108 cm³/mol. The van der Waals surface area contributed by atoms with E-state index in [4.69, 9.17) is 4.74 Å². The van der Waals surface area contributed by atoms with Gasteiger partial charge < -0.3 is 10.1 Å². The van der Waals surface area contributed by atoms with Gasteiger partial charge in [0.05, 0.1) is 35.6 Å². The van der Waals surface area contributed by atoms with Crippen LogP contribution >= 0.6 is 15.9 Å². The second kappa shape index (κ2) is 7.28. The van der Waals surface area contributed by atoms with Crippen molar-refractivity contribution in [3.05, 3.63) is 69.8 Å². The van der Waals surface area contributed by atoms with Gasteiger partial charge in [0.25, 0.3) is 5.91 Å². The van der Waals surface area contributed by atoms with Crippen molar-refractivity contribution in [3.63, 3.8) is 0 Å². The smallest absolute Gasteiger partial charge is 0.257 e. The van der Waals surface area contributed by atoms with E-state index < -0.39 is 10.8 Å². The minimum atomic E-state index is -0.988. The Bertz CT molecular complexity index is 1050. The van der Waals surface area contributed by atoms with Crippen molar-refractivity contribution in [2.45, 2.75) is 11.5 Å². The fourth-order valence-corrected chi connectivity index (χ4v) is 4.72. The number of anilines is 1. The molecule has 1 amide bonds. The molecule has 0 saturated heterocycles. The second-order valence-electron chi connectivity index (χ2n) is 6.05. The number of halogens is 1. The van der Waals surface area contributed by atoms with Gasteiger partial charge in [0.1, 0.15) is 11.6 Å². The third-order valence-corrected chi connectivity index (χ3v) is 6.23. The third-order valence-electron chi connectivity index (χ3n) is 4.34. The molecule has 0 bridgehead atoms. The maximum Gasteiger partial charge on any atom is 0.257 e. The molecular formula is C19H16BrN3O3S. The van der Waals surface area contributed by atoms with Gasteiger partial charge in [-0.2, -0.15) is 5.10 Å². The maximum atomic E-state index is 12.8. The number of amides is 1. The molecule has 1 unspecified atom stereocenters. The highest BCUT2D eigenvalue weighted by Crippen LogP contribution is 2.32. The summed E-state index contributed by atoms with van der Waals surface area (Å²) in [6, 6.07) is 14.6. The fourth-order valence-electron chi connectivity index (χ4n) is 2.99. The molecule has 1 atom stereocenters. The Kier molecular flexibility index (Phi) is 4.84. The Labute approximate surface area is 167 Å². The molecule has 6 nitrogen and oxygen atoms in total. The SMILES string of the molecule is COc1ccc(-n2nc3c(c2NC(=O)c2ccccc2Br)CS(=O)C3)cc1. The van der Waals surface area contributed by atoms with Gasteiger partial charge in [-0.05, 0) is 52.3 Å². The molecule has 2 heterocycles. The maximum absolute atomic E-state index is 12.8. The van der Waals surface area contributed by atoms with Gasteiger partial charge >= 0.3 is 0 Å². The number of nitrogens with one attached hydrogen (secondary N) is 1. The van der Waals surface area contributed by atoms with Crippen LogP contribution in [0.3, 0.4) is 0 Å².